The maximum absolute atomic E-state index is 12.6. The number of benzene rings is 1. The maximum Gasteiger partial charge on any atom is 0.339 e. The Morgan fingerprint density at radius 1 is 1.06 bits per heavy atom. The Morgan fingerprint density at radius 2 is 1.77 bits per heavy atom. The zero-order chi connectivity index (χ0) is 25.3. The molecule has 1 aliphatic rings. The Hall–Kier alpha value is -2.44. The van der Waals surface area contributed by atoms with E-state index in [1.807, 2.05) is 18.2 Å². The van der Waals surface area contributed by atoms with Crippen molar-refractivity contribution >= 4 is 25.1 Å². The van der Waals surface area contributed by atoms with Crippen LogP contribution in [-0.2, 0) is 4.74 Å². The minimum absolute atomic E-state index is 0.274. The highest BCUT2D eigenvalue weighted by molar-refractivity contribution is 6.82. The molecule has 0 amide bonds. The zero-order valence-corrected chi connectivity index (χ0v) is 23.4. The van der Waals surface area contributed by atoms with E-state index in [1.54, 1.807) is 0 Å². The van der Waals surface area contributed by atoms with Crippen LogP contribution >= 0.6 is 0 Å². The third-order valence-corrected chi connectivity index (χ3v) is 14.9. The largest absolute Gasteiger partial charge is 0.446 e. The SMILES string of the molecule is CC(C)[Si](C(C)C)(C(C)C)n1ccc(-c2ccc3cc(C(=O)OCN4CCC[C@@H]4C)ccc3n2)c1. The first-order valence-electron chi connectivity index (χ1n) is 13.1. The Bertz CT molecular complexity index is 1160. The molecule has 35 heavy (non-hydrogen) atoms. The number of hydrogen-bond acceptors (Lipinski definition) is 4. The summed E-state index contributed by atoms with van der Waals surface area (Å²) in [6.07, 6.45) is 6.92. The third kappa shape index (κ3) is 4.83. The minimum atomic E-state index is -1.78. The molecule has 0 bridgehead atoms. The summed E-state index contributed by atoms with van der Waals surface area (Å²) in [5.41, 5.74) is 5.49. The summed E-state index contributed by atoms with van der Waals surface area (Å²) in [4.78, 5) is 19.8. The minimum Gasteiger partial charge on any atom is -0.446 e. The fourth-order valence-electron chi connectivity index (χ4n) is 6.51. The Kier molecular flexibility index (Phi) is 7.53. The standard InChI is InChI=1S/C29H41N3O2Si/c1-20(2)35(21(3)4,22(5)6)32-16-14-26(18-32)28-12-10-24-17-25(11-13-27(24)30-28)29(33)34-19-31-15-8-9-23(31)7/h10-14,16-18,20-23H,8-9,15,19H2,1-7H3/t23-/m0/s1. The van der Waals surface area contributed by atoms with Gasteiger partial charge in [-0.1, -0.05) is 47.6 Å². The van der Waals surface area contributed by atoms with Crippen molar-refractivity contribution < 1.29 is 9.53 Å². The van der Waals surface area contributed by atoms with Gasteiger partial charge in [-0.25, -0.2) is 9.78 Å². The molecule has 0 aliphatic carbocycles. The summed E-state index contributed by atoms with van der Waals surface area (Å²) in [7, 11) is -1.78. The lowest BCUT2D eigenvalue weighted by Crippen LogP contribution is -2.51. The topological polar surface area (TPSA) is 47.4 Å². The normalized spacial score (nSPS) is 17.3. The molecule has 0 unspecified atom stereocenters. The van der Waals surface area contributed by atoms with E-state index in [1.165, 1.54) is 12.8 Å². The summed E-state index contributed by atoms with van der Waals surface area (Å²) >= 11 is 0. The van der Waals surface area contributed by atoms with E-state index in [4.69, 9.17) is 9.72 Å². The molecule has 3 heterocycles. The molecule has 5 nitrogen and oxygen atoms in total. The van der Waals surface area contributed by atoms with E-state index in [9.17, 15) is 4.79 Å². The molecule has 6 heteroatoms. The average molecular weight is 492 g/mol. The van der Waals surface area contributed by atoms with E-state index in [2.05, 4.69) is 88.2 Å². The number of pyridine rings is 1. The third-order valence-electron chi connectivity index (χ3n) is 8.19. The smallest absolute Gasteiger partial charge is 0.339 e. The molecule has 0 N–H and O–H groups in total. The average Bonchev–Trinajstić information content (AvgIpc) is 3.46. The number of esters is 1. The van der Waals surface area contributed by atoms with Gasteiger partial charge >= 0.3 is 5.97 Å². The second-order valence-corrected chi connectivity index (χ2v) is 16.9. The van der Waals surface area contributed by atoms with Crippen molar-refractivity contribution in [1.82, 2.24) is 14.1 Å². The van der Waals surface area contributed by atoms with E-state index in [0.29, 0.717) is 35.0 Å². The summed E-state index contributed by atoms with van der Waals surface area (Å²) in [5.74, 6) is -0.274. The Morgan fingerprint density at radius 3 is 2.40 bits per heavy atom. The van der Waals surface area contributed by atoms with Crippen molar-refractivity contribution in [3.05, 3.63) is 54.4 Å². The van der Waals surface area contributed by atoms with Crippen LogP contribution in [-0.4, -0.2) is 47.6 Å². The lowest BCUT2D eigenvalue weighted by molar-refractivity contribution is 0.0201. The molecule has 1 aromatic carbocycles. The van der Waals surface area contributed by atoms with Crippen LogP contribution in [0.3, 0.4) is 0 Å². The van der Waals surface area contributed by atoms with E-state index in [0.717, 1.165) is 28.7 Å². The zero-order valence-electron chi connectivity index (χ0n) is 22.4. The highest BCUT2D eigenvalue weighted by Crippen LogP contribution is 2.43. The van der Waals surface area contributed by atoms with Crippen molar-refractivity contribution in [2.45, 2.75) is 84.0 Å². The van der Waals surface area contributed by atoms with E-state index < -0.39 is 8.24 Å². The first kappa shape index (κ1) is 25.6. The van der Waals surface area contributed by atoms with Crippen molar-refractivity contribution in [2.75, 3.05) is 13.3 Å². The van der Waals surface area contributed by atoms with Crippen LogP contribution in [0.25, 0.3) is 22.2 Å². The van der Waals surface area contributed by atoms with Crippen LogP contribution in [0.2, 0.25) is 16.6 Å². The highest BCUT2D eigenvalue weighted by Gasteiger charge is 2.45. The summed E-state index contributed by atoms with van der Waals surface area (Å²) < 4.78 is 8.13. The number of nitrogens with zero attached hydrogens (tertiary/aromatic N) is 3. The molecule has 1 atom stereocenters. The Balaban J connectivity index is 1.56. The molecule has 4 rings (SSSR count). The van der Waals surface area contributed by atoms with Crippen LogP contribution in [0.5, 0.6) is 0 Å². The molecular weight excluding hydrogens is 450 g/mol. The number of hydrogen-bond donors (Lipinski definition) is 0. The van der Waals surface area contributed by atoms with Crippen LogP contribution in [0.15, 0.2) is 48.8 Å². The first-order valence-corrected chi connectivity index (χ1v) is 15.3. The number of fused-ring (bicyclic) bond motifs is 1. The molecular formula is C29H41N3O2Si. The molecule has 3 aromatic rings. The lowest BCUT2D eigenvalue weighted by Gasteiger charge is -2.44. The summed E-state index contributed by atoms with van der Waals surface area (Å²) in [6, 6.07) is 12.5. The molecule has 188 valence electrons. The molecule has 1 aliphatic heterocycles. The second kappa shape index (κ2) is 10.3. The van der Waals surface area contributed by atoms with Gasteiger partial charge in [-0.15, -0.1) is 0 Å². The molecule has 1 saturated heterocycles. The van der Waals surface area contributed by atoms with Crippen molar-refractivity contribution in [3.63, 3.8) is 0 Å². The van der Waals surface area contributed by atoms with Crippen molar-refractivity contribution in [3.8, 4) is 11.3 Å². The monoisotopic (exact) mass is 491 g/mol. The fourth-order valence-corrected chi connectivity index (χ4v) is 13.0. The number of aromatic nitrogens is 2. The van der Waals surface area contributed by atoms with Gasteiger partial charge in [0.2, 0.25) is 0 Å². The van der Waals surface area contributed by atoms with Crippen LogP contribution in [0, 0.1) is 0 Å². The van der Waals surface area contributed by atoms with Gasteiger partial charge in [0, 0.05) is 29.7 Å². The quantitative estimate of drug-likeness (QED) is 0.244. The second-order valence-electron chi connectivity index (χ2n) is 11.1. The van der Waals surface area contributed by atoms with Gasteiger partial charge < -0.3 is 8.97 Å². The lowest BCUT2D eigenvalue weighted by atomic mass is 10.1. The summed E-state index contributed by atoms with van der Waals surface area (Å²) in [5, 5.41) is 0.951. The van der Waals surface area contributed by atoms with Gasteiger partial charge in [-0.2, -0.15) is 0 Å². The predicted octanol–water partition coefficient (Wildman–Crippen LogP) is 7.33. The summed E-state index contributed by atoms with van der Waals surface area (Å²) in [6.45, 7) is 17.8. The van der Waals surface area contributed by atoms with Gasteiger partial charge in [0.1, 0.15) is 6.73 Å². The van der Waals surface area contributed by atoms with Gasteiger partial charge in [0.25, 0.3) is 0 Å². The number of carbonyl (C=O) groups excluding carboxylic acids is 1. The van der Waals surface area contributed by atoms with Crippen LogP contribution in [0.1, 0.15) is 71.7 Å². The highest BCUT2D eigenvalue weighted by atomic mass is 28.3. The van der Waals surface area contributed by atoms with Gasteiger partial charge in [-0.3, -0.25) is 4.90 Å². The van der Waals surface area contributed by atoms with Crippen molar-refractivity contribution in [2.24, 2.45) is 0 Å². The maximum atomic E-state index is 12.6. The number of carbonyl (C=O) groups is 1. The number of rotatable bonds is 8. The van der Waals surface area contributed by atoms with Gasteiger partial charge in [0.15, 0.2) is 8.24 Å². The molecule has 0 saturated carbocycles. The van der Waals surface area contributed by atoms with E-state index in [-0.39, 0.29) is 5.97 Å². The van der Waals surface area contributed by atoms with Crippen LogP contribution < -0.4 is 0 Å². The van der Waals surface area contributed by atoms with Gasteiger partial charge in [0.05, 0.1) is 16.8 Å². The Labute approximate surface area is 211 Å². The molecule has 1 fully saturated rings. The molecule has 2 aromatic heterocycles. The first-order chi connectivity index (χ1) is 16.6. The number of ether oxygens (including phenoxy) is 1. The van der Waals surface area contributed by atoms with Gasteiger partial charge in [-0.05, 0) is 72.9 Å². The molecule has 0 spiro atoms. The molecule has 0 radical (unpaired) electrons. The van der Waals surface area contributed by atoms with Crippen LogP contribution in [0.4, 0.5) is 0 Å². The number of likely N-dealkylation sites (tertiary alicyclic amines) is 1. The van der Waals surface area contributed by atoms with E-state index >= 15 is 0 Å². The fraction of sp³-hybridized carbons (Fsp3) is 0.517. The van der Waals surface area contributed by atoms with Crippen molar-refractivity contribution in [1.29, 1.82) is 0 Å². The predicted molar refractivity (Wildman–Crippen MR) is 147 cm³/mol.